The number of hydrogen-bond acceptors (Lipinski definition) is 3. The maximum absolute atomic E-state index is 11.7. The van der Waals surface area contributed by atoms with Gasteiger partial charge in [-0.05, 0) is 6.92 Å². The van der Waals surface area contributed by atoms with Gasteiger partial charge in [-0.2, -0.15) is 0 Å². The van der Waals surface area contributed by atoms with Gasteiger partial charge in [0.25, 0.3) is 0 Å². The van der Waals surface area contributed by atoms with Crippen LogP contribution in [0.4, 0.5) is 0 Å². The molecule has 3 heteroatoms. The number of esters is 1. The highest BCUT2D eigenvalue weighted by molar-refractivity contribution is 6.44. The van der Waals surface area contributed by atoms with Crippen LogP contribution in [0.2, 0.25) is 0 Å². The Morgan fingerprint density at radius 1 is 1.44 bits per heavy atom. The van der Waals surface area contributed by atoms with Gasteiger partial charge in [0.15, 0.2) is 5.71 Å². The van der Waals surface area contributed by atoms with Gasteiger partial charge in [0.2, 0.25) is 5.72 Å². The Kier molecular flexibility index (Phi) is 2.60. The van der Waals surface area contributed by atoms with Gasteiger partial charge in [0.1, 0.15) is 0 Å². The zero-order valence-corrected chi connectivity index (χ0v) is 9.14. The minimum Gasteiger partial charge on any atom is -0.432 e. The Morgan fingerprint density at radius 2 is 2.12 bits per heavy atom. The molecule has 0 fully saturated rings. The van der Waals surface area contributed by atoms with Gasteiger partial charge in [-0.1, -0.05) is 36.4 Å². The van der Waals surface area contributed by atoms with Crippen molar-refractivity contribution in [1.29, 1.82) is 0 Å². The number of cyclic esters (lactones) is 1. The first-order valence-electron chi connectivity index (χ1n) is 5.14. The van der Waals surface area contributed by atoms with Crippen molar-refractivity contribution in [1.82, 2.24) is 0 Å². The smallest absolute Gasteiger partial charge is 0.359 e. The van der Waals surface area contributed by atoms with E-state index in [1.807, 2.05) is 30.3 Å². The number of rotatable bonds is 3. The van der Waals surface area contributed by atoms with Crippen LogP contribution in [0, 0.1) is 0 Å². The molecule has 1 atom stereocenters. The molecular formula is C13H13NO2. The van der Waals surface area contributed by atoms with Gasteiger partial charge in [0, 0.05) is 12.0 Å². The molecule has 0 amide bonds. The molecule has 0 aliphatic carbocycles. The van der Waals surface area contributed by atoms with E-state index in [0.29, 0.717) is 12.1 Å². The van der Waals surface area contributed by atoms with E-state index in [-0.39, 0.29) is 5.97 Å². The predicted molar refractivity (Wildman–Crippen MR) is 62.3 cm³/mol. The minimum absolute atomic E-state index is 0.365. The van der Waals surface area contributed by atoms with Crippen molar-refractivity contribution < 1.29 is 9.53 Å². The largest absolute Gasteiger partial charge is 0.432 e. The van der Waals surface area contributed by atoms with Gasteiger partial charge < -0.3 is 4.74 Å². The monoisotopic (exact) mass is 215 g/mol. The van der Waals surface area contributed by atoms with Crippen molar-refractivity contribution in [2.75, 3.05) is 0 Å². The number of nitrogens with zero attached hydrogens (tertiary/aromatic N) is 1. The summed E-state index contributed by atoms with van der Waals surface area (Å²) in [5.74, 6) is -0.365. The molecule has 1 aromatic rings. The van der Waals surface area contributed by atoms with Crippen LogP contribution in [0.25, 0.3) is 0 Å². The van der Waals surface area contributed by atoms with E-state index in [9.17, 15) is 4.79 Å². The number of carbonyl (C=O) groups excluding carboxylic acids is 1. The molecule has 0 radical (unpaired) electrons. The zero-order valence-electron chi connectivity index (χ0n) is 9.14. The number of benzene rings is 1. The fourth-order valence-corrected chi connectivity index (χ4v) is 1.69. The molecule has 1 aliphatic rings. The number of ether oxygens (including phenoxy) is 1. The molecule has 2 rings (SSSR count). The molecule has 16 heavy (non-hydrogen) atoms. The molecule has 0 aromatic heterocycles. The maximum Gasteiger partial charge on any atom is 0.359 e. The average molecular weight is 215 g/mol. The fraction of sp³-hybridized carbons (Fsp3) is 0.231. The van der Waals surface area contributed by atoms with Crippen LogP contribution in [0.3, 0.4) is 0 Å². The van der Waals surface area contributed by atoms with Crippen LogP contribution < -0.4 is 0 Å². The molecule has 3 nitrogen and oxygen atoms in total. The lowest BCUT2D eigenvalue weighted by Crippen LogP contribution is -2.22. The molecular weight excluding hydrogens is 202 g/mol. The second-order valence-corrected chi connectivity index (χ2v) is 3.88. The van der Waals surface area contributed by atoms with Crippen LogP contribution in [-0.2, 0) is 9.53 Å². The third-order valence-corrected chi connectivity index (χ3v) is 2.42. The molecule has 0 bridgehead atoms. The van der Waals surface area contributed by atoms with Gasteiger partial charge in [-0.15, -0.1) is 6.58 Å². The second kappa shape index (κ2) is 3.93. The number of hydrogen-bond donors (Lipinski definition) is 0. The van der Waals surface area contributed by atoms with Crippen molar-refractivity contribution in [2.45, 2.75) is 19.1 Å². The first-order valence-corrected chi connectivity index (χ1v) is 5.14. The van der Waals surface area contributed by atoms with Crippen molar-refractivity contribution >= 4 is 11.7 Å². The van der Waals surface area contributed by atoms with Crippen molar-refractivity contribution in [3.8, 4) is 0 Å². The van der Waals surface area contributed by atoms with Crippen LogP contribution >= 0.6 is 0 Å². The average Bonchev–Trinajstić information content (AvgIpc) is 2.56. The fourth-order valence-electron chi connectivity index (χ4n) is 1.69. The van der Waals surface area contributed by atoms with Gasteiger partial charge in [-0.25, -0.2) is 9.79 Å². The van der Waals surface area contributed by atoms with Crippen LogP contribution in [0.1, 0.15) is 18.9 Å². The molecule has 0 saturated heterocycles. The highest BCUT2D eigenvalue weighted by atomic mass is 16.6. The Bertz CT molecular complexity index is 450. The van der Waals surface area contributed by atoms with Gasteiger partial charge in [-0.3, -0.25) is 0 Å². The highest BCUT2D eigenvalue weighted by Crippen LogP contribution is 2.26. The van der Waals surface area contributed by atoms with Crippen molar-refractivity contribution in [3.63, 3.8) is 0 Å². The summed E-state index contributed by atoms with van der Waals surface area (Å²) in [6.45, 7) is 5.41. The molecule has 0 spiro atoms. The third-order valence-electron chi connectivity index (χ3n) is 2.42. The highest BCUT2D eigenvalue weighted by Gasteiger charge is 2.37. The molecule has 1 aromatic carbocycles. The quantitative estimate of drug-likeness (QED) is 0.573. The lowest BCUT2D eigenvalue weighted by molar-refractivity contribution is -0.144. The summed E-state index contributed by atoms with van der Waals surface area (Å²) in [5, 5.41) is 0. The summed E-state index contributed by atoms with van der Waals surface area (Å²) < 4.78 is 5.24. The Labute approximate surface area is 94.5 Å². The number of carbonyl (C=O) groups is 1. The van der Waals surface area contributed by atoms with Crippen LogP contribution in [-0.4, -0.2) is 17.4 Å². The molecule has 1 aliphatic heterocycles. The lowest BCUT2D eigenvalue weighted by Gasteiger charge is -2.16. The summed E-state index contributed by atoms with van der Waals surface area (Å²) in [4.78, 5) is 16.0. The summed E-state index contributed by atoms with van der Waals surface area (Å²) in [6, 6.07) is 9.33. The SMILES string of the molecule is C=CCC1(C)N=C(c2ccccc2)C(=O)O1. The normalized spacial score (nSPS) is 23.8. The third kappa shape index (κ3) is 1.89. The lowest BCUT2D eigenvalue weighted by atomic mass is 10.1. The first kappa shape index (κ1) is 10.6. The maximum atomic E-state index is 11.7. The summed E-state index contributed by atoms with van der Waals surface area (Å²) in [6.07, 6.45) is 2.22. The van der Waals surface area contributed by atoms with Crippen LogP contribution in [0.5, 0.6) is 0 Å². The topological polar surface area (TPSA) is 38.7 Å². The second-order valence-electron chi connectivity index (χ2n) is 3.88. The summed E-state index contributed by atoms with van der Waals surface area (Å²) >= 11 is 0. The minimum atomic E-state index is -0.788. The molecule has 1 unspecified atom stereocenters. The Hall–Kier alpha value is -1.90. The van der Waals surface area contributed by atoms with Gasteiger partial charge >= 0.3 is 5.97 Å². The van der Waals surface area contributed by atoms with Crippen molar-refractivity contribution in [2.24, 2.45) is 4.99 Å². The van der Waals surface area contributed by atoms with Crippen molar-refractivity contribution in [3.05, 3.63) is 48.6 Å². The Balaban J connectivity index is 2.35. The van der Waals surface area contributed by atoms with E-state index in [1.54, 1.807) is 13.0 Å². The van der Waals surface area contributed by atoms with Crippen LogP contribution in [0.15, 0.2) is 48.0 Å². The zero-order chi connectivity index (χ0) is 11.6. The molecule has 0 saturated carbocycles. The first-order chi connectivity index (χ1) is 7.64. The predicted octanol–water partition coefficient (Wildman–Crippen LogP) is 2.32. The van der Waals surface area contributed by atoms with E-state index in [2.05, 4.69) is 11.6 Å². The summed E-state index contributed by atoms with van der Waals surface area (Å²) in [5.41, 5.74) is 0.398. The van der Waals surface area contributed by atoms with Gasteiger partial charge in [0.05, 0.1) is 0 Å². The van der Waals surface area contributed by atoms with E-state index >= 15 is 0 Å². The molecule has 82 valence electrons. The van der Waals surface area contributed by atoms with E-state index in [0.717, 1.165) is 5.56 Å². The van der Waals surface area contributed by atoms with E-state index < -0.39 is 5.72 Å². The van der Waals surface area contributed by atoms with E-state index in [1.165, 1.54) is 0 Å². The van der Waals surface area contributed by atoms with E-state index in [4.69, 9.17) is 4.74 Å². The summed E-state index contributed by atoms with van der Waals surface area (Å²) in [7, 11) is 0. The standard InChI is InChI=1S/C13H13NO2/c1-3-9-13(2)14-11(12(15)16-13)10-7-5-4-6-8-10/h3-8H,1,9H2,2H3. The molecule has 0 N–H and O–H groups in total. The Morgan fingerprint density at radius 3 is 2.75 bits per heavy atom. The molecule has 1 heterocycles. The number of aliphatic imine (C=N–C) groups is 1.